The van der Waals surface area contributed by atoms with Crippen LogP contribution in [-0.2, 0) is 23.1 Å². The second-order valence-electron chi connectivity index (χ2n) is 13.8. The first-order chi connectivity index (χ1) is 23.4. The molecule has 0 saturated carbocycles. The van der Waals surface area contributed by atoms with Gasteiger partial charge >= 0.3 is 0 Å². The van der Waals surface area contributed by atoms with Crippen LogP contribution < -0.4 is 5.32 Å². The van der Waals surface area contributed by atoms with Crippen molar-refractivity contribution >= 4 is 17.7 Å². The summed E-state index contributed by atoms with van der Waals surface area (Å²) in [5.41, 5.74) is 4.56. The van der Waals surface area contributed by atoms with Gasteiger partial charge in [0, 0.05) is 49.9 Å². The smallest absolute Gasteiger partial charge is 0.253 e. The Kier molecular flexibility index (Phi) is 8.96. The van der Waals surface area contributed by atoms with Gasteiger partial charge in [0.2, 0.25) is 5.91 Å². The number of hydrogen-bond donors (Lipinski definition) is 2. The summed E-state index contributed by atoms with van der Waals surface area (Å²) in [6.07, 6.45) is 7.48. The Labute approximate surface area is 280 Å². The van der Waals surface area contributed by atoms with E-state index >= 15 is 0 Å². The van der Waals surface area contributed by atoms with Crippen LogP contribution in [0.15, 0.2) is 36.4 Å². The molecular weight excluding hydrogens is 606 g/mol. The minimum atomic E-state index is -0.868. The van der Waals surface area contributed by atoms with E-state index in [-0.39, 0.29) is 36.3 Å². The number of likely N-dealkylation sites (tertiary alicyclic amines) is 3. The molecule has 3 fully saturated rings. The highest BCUT2D eigenvalue weighted by Crippen LogP contribution is 2.47. The van der Waals surface area contributed by atoms with Crippen molar-refractivity contribution in [3.63, 3.8) is 0 Å². The third-order valence-electron chi connectivity index (χ3n) is 10.8. The molecule has 0 spiro atoms. The van der Waals surface area contributed by atoms with Gasteiger partial charge in [0.1, 0.15) is 6.04 Å². The lowest BCUT2D eigenvalue weighted by molar-refractivity contribution is -0.130. The molecule has 0 bridgehead atoms. The van der Waals surface area contributed by atoms with Crippen LogP contribution in [0.5, 0.6) is 0 Å². The maximum absolute atomic E-state index is 13.5. The Morgan fingerprint density at radius 2 is 1.50 bits per heavy atom. The van der Waals surface area contributed by atoms with Gasteiger partial charge in [-0.25, -0.2) is 5.10 Å². The van der Waals surface area contributed by atoms with Gasteiger partial charge < -0.3 is 20.0 Å². The lowest BCUT2D eigenvalue weighted by Crippen LogP contribution is -2.45. The van der Waals surface area contributed by atoms with Crippen LogP contribution in [0.25, 0.3) is 0 Å². The zero-order valence-corrected chi connectivity index (χ0v) is 27.6. The van der Waals surface area contributed by atoms with Crippen molar-refractivity contribution in [2.75, 3.05) is 39.3 Å². The molecule has 3 aliphatic heterocycles. The van der Waals surface area contributed by atoms with Gasteiger partial charge in [-0.15, -0.1) is 5.10 Å². The highest BCUT2D eigenvalue weighted by Gasteiger charge is 2.45. The largest absolute Gasteiger partial charge is 0.339 e. The van der Waals surface area contributed by atoms with Gasteiger partial charge in [-0.2, -0.15) is 5.26 Å². The molecule has 1 aliphatic carbocycles. The summed E-state index contributed by atoms with van der Waals surface area (Å²) in [5.74, 6) is 0.577. The minimum absolute atomic E-state index is 0.0497. The molecule has 2 aromatic carbocycles. The molecule has 0 unspecified atom stereocenters. The van der Waals surface area contributed by atoms with Crippen molar-refractivity contribution in [2.24, 2.45) is 0 Å². The van der Waals surface area contributed by atoms with Crippen LogP contribution in [0.3, 0.4) is 0 Å². The van der Waals surface area contributed by atoms with Gasteiger partial charge in [0.05, 0.1) is 18.0 Å². The maximum Gasteiger partial charge on any atom is 0.253 e. The van der Waals surface area contributed by atoms with Crippen molar-refractivity contribution in [1.82, 2.24) is 40.6 Å². The van der Waals surface area contributed by atoms with Gasteiger partial charge in [0.15, 0.2) is 5.82 Å². The Morgan fingerprint density at radius 1 is 0.917 bits per heavy atom. The highest BCUT2D eigenvalue weighted by atomic mass is 16.2. The molecule has 48 heavy (non-hydrogen) atoms. The molecule has 12 nitrogen and oxygen atoms in total. The molecule has 0 radical (unpaired) electrons. The lowest BCUT2D eigenvalue weighted by atomic mass is 9.67. The van der Waals surface area contributed by atoms with Crippen LogP contribution in [-0.4, -0.2) is 104 Å². The van der Waals surface area contributed by atoms with Gasteiger partial charge in [-0.05, 0) is 122 Å². The number of benzene rings is 2. The SMILES string of the molecule is C[C@@H](CC1(c2nnn[nH]2)c2ccc(C(=O)N3CCCC3)cc2CCc2cc(C(=O)N3CCCC3)ccc21)NCC(=O)N1CCC[C@H]1C#N. The summed E-state index contributed by atoms with van der Waals surface area (Å²) < 4.78 is 0. The minimum Gasteiger partial charge on any atom is -0.339 e. The Hall–Kier alpha value is -4.63. The Morgan fingerprint density at radius 3 is 2.02 bits per heavy atom. The first-order valence-electron chi connectivity index (χ1n) is 17.4. The zero-order valence-electron chi connectivity index (χ0n) is 27.6. The Bertz CT molecular complexity index is 1640. The fourth-order valence-corrected chi connectivity index (χ4v) is 8.33. The third-order valence-corrected chi connectivity index (χ3v) is 10.8. The molecule has 3 aromatic rings. The Balaban J connectivity index is 1.29. The number of carbonyl (C=O) groups is 3. The average Bonchev–Trinajstić information content (AvgIpc) is 3.95. The van der Waals surface area contributed by atoms with E-state index in [1.54, 1.807) is 4.90 Å². The molecule has 1 aromatic heterocycles. The summed E-state index contributed by atoms with van der Waals surface area (Å²) in [6, 6.07) is 13.7. The first-order valence-corrected chi connectivity index (χ1v) is 17.4. The topological polar surface area (TPSA) is 151 Å². The molecule has 250 valence electrons. The number of aromatic nitrogens is 4. The van der Waals surface area contributed by atoms with Crippen LogP contribution in [0.1, 0.15) is 101 Å². The number of hydrogen-bond acceptors (Lipinski definition) is 8. The number of rotatable bonds is 8. The van der Waals surface area contributed by atoms with E-state index in [1.807, 2.05) is 41.0 Å². The molecule has 12 heteroatoms. The highest BCUT2D eigenvalue weighted by molar-refractivity contribution is 5.95. The molecule has 2 atom stereocenters. The quantitative estimate of drug-likeness (QED) is 0.378. The van der Waals surface area contributed by atoms with Gasteiger partial charge in [-0.3, -0.25) is 14.4 Å². The second-order valence-corrected chi connectivity index (χ2v) is 13.8. The summed E-state index contributed by atoms with van der Waals surface area (Å²) >= 11 is 0. The molecule has 2 N–H and O–H groups in total. The fourth-order valence-electron chi connectivity index (χ4n) is 8.33. The average molecular weight is 650 g/mol. The molecule has 4 heterocycles. The molecule has 3 saturated heterocycles. The predicted molar refractivity (Wildman–Crippen MR) is 177 cm³/mol. The molecule has 4 aliphatic rings. The maximum atomic E-state index is 13.5. The van der Waals surface area contributed by atoms with Crippen LogP contribution >= 0.6 is 0 Å². The summed E-state index contributed by atoms with van der Waals surface area (Å²) in [7, 11) is 0. The number of nitrogens with zero attached hydrogens (tertiary/aromatic N) is 7. The van der Waals surface area contributed by atoms with Crippen molar-refractivity contribution in [2.45, 2.75) is 82.2 Å². The second kappa shape index (κ2) is 13.5. The van der Waals surface area contributed by atoms with Gasteiger partial charge in [-0.1, -0.05) is 12.1 Å². The fraction of sp³-hybridized carbons (Fsp3) is 0.528. The number of nitriles is 1. The lowest BCUT2D eigenvalue weighted by Gasteiger charge is -2.37. The van der Waals surface area contributed by atoms with Crippen LogP contribution in [0, 0.1) is 11.3 Å². The zero-order chi connectivity index (χ0) is 33.3. The number of aromatic amines is 1. The standard InChI is InChI=1S/C36H43N9O3/c1-24(38-23-32(46)45-18-6-7-29(45)22-37)21-36(35-39-41-42-40-35)30-12-10-27(33(47)43-14-2-3-15-43)19-25(30)8-9-26-20-28(11-13-31(26)36)34(48)44-16-4-5-17-44/h10-13,19-20,24,29,38H,2-9,14-18,21,23H2,1H3,(H,39,40,41,42)/t24-,29-/m0/s1. The van der Waals surface area contributed by atoms with Crippen molar-refractivity contribution < 1.29 is 14.4 Å². The van der Waals surface area contributed by atoms with Crippen molar-refractivity contribution in [3.05, 3.63) is 75.6 Å². The van der Waals surface area contributed by atoms with Gasteiger partial charge in [0.25, 0.3) is 11.8 Å². The molecular formula is C36H43N9O3. The predicted octanol–water partition coefficient (Wildman–Crippen LogP) is 2.99. The third kappa shape index (κ3) is 5.85. The molecule has 7 rings (SSSR count). The normalized spacial score (nSPS) is 20.6. The summed E-state index contributed by atoms with van der Waals surface area (Å²) in [6.45, 7) is 5.85. The van der Waals surface area contributed by atoms with E-state index in [0.717, 1.165) is 80.5 Å². The van der Waals surface area contributed by atoms with E-state index in [4.69, 9.17) is 0 Å². The number of nitrogens with one attached hydrogen (secondary N) is 2. The van der Waals surface area contributed by atoms with Crippen LogP contribution in [0.4, 0.5) is 0 Å². The molecule has 3 amide bonds. The number of fused-ring (bicyclic) bond motifs is 2. The van der Waals surface area contributed by atoms with Crippen LogP contribution in [0.2, 0.25) is 0 Å². The number of aryl methyl sites for hydroxylation is 2. The summed E-state index contributed by atoms with van der Waals surface area (Å²) in [5, 5.41) is 28.6. The number of H-pyrrole nitrogens is 1. The van der Waals surface area contributed by atoms with Crippen molar-refractivity contribution in [3.8, 4) is 6.07 Å². The van der Waals surface area contributed by atoms with E-state index in [9.17, 15) is 19.6 Å². The number of amides is 3. The summed E-state index contributed by atoms with van der Waals surface area (Å²) in [4.78, 5) is 45.8. The number of carbonyl (C=O) groups excluding carboxylic acids is 3. The monoisotopic (exact) mass is 649 g/mol. The van der Waals surface area contributed by atoms with E-state index in [1.165, 1.54) is 0 Å². The number of tetrazole rings is 1. The van der Waals surface area contributed by atoms with E-state index < -0.39 is 5.41 Å². The first kappa shape index (κ1) is 31.9. The van der Waals surface area contributed by atoms with E-state index in [0.29, 0.717) is 49.2 Å². The van der Waals surface area contributed by atoms with Crippen molar-refractivity contribution in [1.29, 1.82) is 5.26 Å². The van der Waals surface area contributed by atoms with E-state index in [2.05, 4.69) is 44.1 Å².